The molecular formula is C19H17BrN6. The van der Waals surface area contributed by atoms with Crippen LogP contribution in [0.25, 0.3) is 11.0 Å². The van der Waals surface area contributed by atoms with Gasteiger partial charge in [0.15, 0.2) is 0 Å². The van der Waals surface area contributed by atoms with E-state index in [-0.39, 0.29) is 0 Å². The minimum atomic E-state index is 0.390. The van der Waals surface area contributed by atoms with Crippen LogP contribution in [-0.2, 0) is 0 Å². The maximum atomic E-state index is 8.88. The molecule has 26 heavy (non-hydrogen) atoms. The molecule has 4 rings (SSSR count). The van der Waals surface area contributed by atoms with Crippen molar-refractivity contribution >= 4 is 38.5 Å². The lowest BCUT2D eigenvalue weighted by Gasteiger charge is -2.33. The van der Waals surface area contributed by atoms with Crippen molar-refractivity contribution in [2.24, 2.45) is 0 Å². The normalized spacial score (nSPS) is 15.0. The van der Waals surface area contributed by atoms with E-state index in [2.05, 4.69) is 47.2 Å². The Morgan fingerprint density at radius 1 is 1.12 bits per heavy atom. The topological polar surface area (TPSA) is 77.7 Å². The largest absolute Gasteiger partial charge is 0.380 e. The van der Waals surface area contributed by atoms with Gasteiger partial charge in [0.1, 0.15) is 17.4 Å². The van der Waals surface area contributed by atoms with E-state index in [0.717, 1.165) is 52.9 Å². The highest BCUT2D eigenvalue weighted by atomic mass is 79.9. The number of pyridine rings is 3. The first-order chi connectivity index (χ1) is 12.7. The zero-order chi connectivity index (χ0) is 17.9. The van der Waals surface area contributed by atoms with Crippen molar-refractivity contribution < 1.29 is 0 Å². The van der Waals surface area contributed by atoms with Gasteiger partial charge in [0.2, 0.25) is 0 Å². The Hall–Kier alpha value is -2.72. The Bertz CT molecular complexity index is 958. The van der Waals surface area contributed by atoms with Crippen LogP contribution in [0.15, 0.2) is 47.3 Å². The first-order valence-corrected chi connectivity index (χ1v) is 9.30. The lowest BCUT2D eigenvalue weighted by molar-refractivity contribution is 0.524. The molecule has 0 amide bonds. The minimum absolute atomic E-state index is 0.390. The monoisotopic (exact) mass is 408 g/mol. The van der Waals surface area contributed by atoms with Crippen LogP contribution in [0.1, 0.15) is 18.4 Å². The number of rotatable bonds is 3. The van der Waals surface area contributed by atoms with Crippen LogP contribution < -0.4 is 10.2 Å². The van der Waals surface area contributed by atoms with Gasteiger partial charge in [-0.1, -0.05) is 0 Å². The number of fused-ring (bicyclic) bond motifs is 1. The van der Waals surface area contributed by atoms with Crippen LogP contribution in [0.2, 0.25) is 0 Å². The summed E-state index contributed by atoms with van der Waals surface area (Å²) in [4.78, 5) is 15.6. The fourth-order valence-corrected chi connectivity index (χ4v) is 3.55. The average molecular weight is 409 g/mol. The molecule has 0 atom stereocenters. The number of nitrogens with one attached hydrogen (secondary N) is 1. The first kappa shape index (κ1) is 16.7. The van der Waals surface area contributed by atoms with E-state index in [9.17, 15) is 0 Å². The molecule has 3 aromatic heterocycles. The Balaban J connectivity index is 1.43. The van der Waals surface area contributed by atoms with Crippen molar-refractivity contribution in [3.63, 3.8) is 0 Å². The zero-order valence-corrected chi connectivity index (χ0v) is 15.6. The standard InChI is InChI=1S/C19H17BrN6/c20-14-9-17-19(24-12-14)16(3-6-22-17)25-15-4-7-26(8-5-15)18-2-1-13(10-21)11-23-18/h1-3,6,9,11-12,15H,4-5,7-8H2,(H,22,25). The van der Waals surface area contributed by atoms with Crippen molar-refractivity contribution in [2.75, 3.05) is 23.3 Å². The molecule has 0 aromatic carbocycles. The van der Waals surface area contributed by atoms with Gasteiger partial charge in [-0.3, -0.25) is 9.97 Å². The summed E-state index contributed by atoms with van der Waals surface area (Å²) in [5.41, 5.74) is 3.39. The molecule has 1 N–H and O–H groups in total. The minimum Gasteiger partial charge on any atom is -0.380 e. The second-order valence-corrected chi connectivity index (χ2v) is 7.22. The molecule has 0 bridgehead atoms. The quantitative estimate of drug-likeness (QED) is 0.710. The van der Waals surface area contributed by atoms with Crippen LogP contribution in [0.5, 0.6) is 0 Å². The predicted octanol–water partition coefficient (Wildman–Crippen LogP) is 3.74. The molecule has 0 radical (unpaired) electrons. The molecule has 1 saturated heterocycles. The number of hydrogen-bond acceptors (Lipinski definition) is 6. The van der Waals surface area contributed by atoms with Gasteiger partial charge < -0.3 is 10.2 Å². The molecule has 1 fully saturated rings. The third kappa shape index (κ3) is 3.46. The second kappa shape index (κ2) is 7.26. The Kier molecular flexibility index (Phi) is 4.67. The van der Waals surface area contributed by atoms with Crippen LogP contribution in [0.3, 0.4) is 0 Å². The van der Waals surface area contributed by atoms with Crippen LogP contribution in [-0.4, -0.2) is 34.1 Å². The molecule has 1 aliphatic rings. The molecular weight excluding hydrogens is 392 g/mol. The predicted molar refractivity (Wildman–Crippen MR) is 105 cm³/mol. The molecule has 130 valence electrons. The van der Waals surface area contributed by atoms with Crippen molar-refractivity contribution in [3.05, 3.63) is 52.9 Å². The van der Waals surface area contributed by atoms with E-state index < -0.39 is 0 Å². The zero-order valence-electron chi connectivity index (χ0n) is 14.1. The molecule has 3 aromatic rings. The number of hydrogen-bond donors (Lipinski definition) is 1. The molecule has 0 aliphatic carbocycles. The highest BCUT2D eigenvalue weighted by Crippen LogP contribution is 2.25. The van der Waals surface area contributed by atoms with Gasteiger partial charge in [-0.25, -0.2) is 4.98 Å². The van der Waals surface area contributed by atoms with Crippen LogP contribution >= 0.6 is 15.9 Å². The van der Waals surface area contributed by atoms with E-state index in [1.54, 1.807) is 12.4 Å². The number of piperidine rings is 1. The summed E-state index contributed by atoms with van der Waals surface area (Å²) in [6, 6.07) is 10.2. The summed E-state index contributed by atoms with van der Waals surface area (Å²) < 4.78 is 0.929. The Morgan fingerprint density at radius 3 is 2.69 bits per heavy atom. The molecule has 1 aliphatic heterocycles. The maximum absolute atomic E-state index is 8.88. The van der Waals surface area contributed by atoms with Gasteiger partial charge in [0, 0.05) is 42.2 Å². The number of nitriles is 1. The van der Waals surface area contributed by atoms with Crippen molar-refractivity contribution in [1.82, 2.24) is 15.0 Å². The van der Waals surface area contributed by atoms with Crippen molar-refractivity contribution in [1.29, 1.82) is 5.26 Å². The highest BCUT2D eigenvalue weighted by Gasteiger charge is 2.20. The molecule has 6 nitrogen and oxygen atoms in total. The molecule has 4 heterocycles. The van der Waals surface area contributed by atoms with E-state index in [1.807, 2.05) is 30.5 Å². The van der Waals surface area contributed by atoms with Crippen molar-refractivity contribution in [3.8, 4) is 6.07 Å². The van der Waals surface area contributed by atoms with Crippen LogP contribution in [0.4, 0.5) is 11.5 Å². The van der Waals surface area contributed by atoms with Crippen LogP contribution in [0, 0.1) is 11.3 Å². The summed E-state index contributed by atoms with van der Waals surface area (Å²) in [5.74, 6) is 0.934. The van der Waals surface area contributed by atoms with Gasteiger partial charge in [-0.15, -0.1) is 0 Å². The van der Waals surface area contributed by atoms with Gasteiger partial charge in [0.05, 0.1) is 16.8 Å². The third-order valence-electron chi connectivity index (χ3n) is 4.60. The molecule has 0 saturated carbocycles. The lowest BCUT2D eigenvalue weighted by atomic mass is 10.0. The number of aromatic nitrogens is 3. The maximum Gasteiger partial charge on any atom is 0.128 e. The summed E-state index contributed by atoms with van der Waals surface area (Å²) in [7, 11) is 0. The van der Waals surface area contributed by atoms with Gasteiger partial charge in [-0.2, -0.15) is 5.26 Å². The molecule has 7 heteroatoms. The Morgan fingerprint density at radius 2 is 1.96 bits per heavy atom. The smallest absolute Gasteiger partial charge is 0.128 e. The fraction of sp³-hybridized carbons (Fsp3) is 0.263. The van der Waals surface area contributed by atoms with Gasteiger partial charge >= 0.3 is 0 Å². The van der Waals surface area contributed by atoms with Gasteiger partial charge in [-0.05, 0) is 53.0 Å². The summed E-state index contributed by atoms with van der Waals surface area (Å²) in [5, 5.41) is 12.5. The molecule has 0 unspecified atom stereocenters. The first-order valence-electron chi connectivity index (χ1n) is 8.51. The van der Waals surface area contributed by atoms with Gasteiger partial charge in [0.25, 0.3) is 0 Å². The SMILES string of the molecule is N#Cc1ccc(N2CCC(Nc3ccnc4cc(Br)cnc34)CC2)nc1. The highest BCUT2D eigenvalue weighted by molar-refractivity contribution is 9.10. The lowest BCUT2D eigenvalue weighted by Crippen LogP contribution is -2.39. The fourth-order valence-electron chi connectivity index (χ4n) is 3.23. The summed E-state index contributed by atoms with van der Waals surface area (Å²) in [6.45, 7) is 1.86. The summed E-state index contributed by atoms with van der Waals surface area (Å²) in [6.07, 6.45) is 7.28. The van der Waals surface area contributed by atoms with E-state index >= 15 is 0 Å². The molecule has 0 spiro atoms. The van der Waals surface area contributed by atoms with E-state index in [0.29, 0.717) is 11.6 Å². The van der Waals surface area contributed by atoms with Crippen molar-refractivity contribution in [2.45, 2.75) is 18.9 Å². The van der Waals surface area contributed by atoms with E-state index in [1.165, 1.54) is 0 Å². The third-order valence-corrected chi connectivity index (χ3v) is 5.03. The summed E-state index contributed by atoms with van der Waals surface area (Å²) >= 11 is 3.44. The second-order valence-electron chi connectivity index (χ2n) is 6.30. The number of halogens is 1. The number of anilines is 2. The Labute approximate surface area is 160 Å². The van der Waals surface area contributed by atoms with E-state index in [4.69, 9.17) is 5.26 Å². The average Bonchev–Trinajstić information content (AvgIpc) is 2.69. The number of nitrogens with zero attached hydrogens (tertiary/aromatic N) is 5.